The Hall–Kier alpha value is -3.29. The second-order valence-corrected chi connectivity index (χ2v) is 5.88. The molecular weight excluding hydrogens is 349 g/mol. The number of ether oxygens (including phenoxy) is 1. The molecule has 0 unspecified atom stereocenters. The molecule has 1 amide bonds. The molecule has 27 heavy (non-hydrogen) atoms. The molecule has 0 spiro atoms. The Labute approximate surface area is 156 Å². The number of carbonyl (C=O) groups is 1. The van der Waals surface area contributed by atoms with Crippen LogP contribution in [-0.2, 0) is 24.5 Å². The minimum absolute atomic E-state index is 0.0402. The van der Waals surface area contributed by atoms with Crippen LogP contribution >= 0.6 is 0 Å². The van der Waals surface area contributed by atoms with Crippen molar-refractivity contribution in [1.29, 1.82) is 0 Å². The highest BCUT2D eigenvalue weighted by atomic mass is 19.1. The van der Waals surface area contributed by atoms with E-state index in [1.54, 1.807) is 17.0 Å². The highest BCUT2D eigenvalue weighted by Crippen LogP contribution is 2.10. The fourth-order valence-corrected chi connectivity index (χ4v) is 2.52. The number of amides is 1. The summed E-state index contributed by atoms with van der Waals surface area (Å²) in [5.41, 5.74) is 0.730. The molecule has 1 heterocycles. The number of rotatable bonds is 8. The minimum atomic E-state index is -0.322. The summed E-state index contributed by atoms with van der Waals surface area (Å²) >= 11 is 0. The van der Waals surface area contributed by atoms with E-state index < -0.39 is 0 Å². The van der Waals surface area contributed by atoms with Gasteiger partial charge in [0, 0.05) is 13.1 Å². The zero-order chi connectivity index (χ0) is 19.1. The van der Waals surface area contributed by atoms with Crippen molar-refractivity contribution in [3.05, 3.63) is 71.8 Å². The maximum atomic E-state index is 13.3. The van der Waals surface area contributed by atoms with Crippen molar-refractivity contribution in [3.63, 3.8) is 0 Å². The molecule has 1 aromatic heterocycles. The van der Waals surface area contributed by atoms with Crippen LogP contribution < -0.4 is 4.74 Å². The number of carbonyl (C=O) groups excluding carboxylic acids is 1. The lowest BCUT2D eigenvalue weighted by atomic mass is 10.2. The van der Waals surface area contributed by atoms with Gasteiger partial charge < -0.3 is 9.64 Å². The monoisotopic (exact) mass is 369 g/mol. The molecule has 0 aliphatic heterocycles. The summed E-state index contributed by atoms with van der Waals surface area (Å²) in [6, 6.07) is 15.5. The summed E-state index contributed by atoms with van der Waals surface area (Å²) in [7, 11) is 0. The zero-order valence-corrected chi connectivity index (χ0v) is 15.0. The molecule has 0 radical (unpaired) electrons. The van der Waals surface area contributed by atoms with Gasteiger partial charge in [0.15, 0.2) is 6.61 Å². The molecule has 0 atom stereocenters. The van der Waals surface area contributed by atoms with Gasteiger partial charge in [-0.25, -0.2) is 4.39 Å². The molecule has 0 N–H and O–H groups in total. The van der Waals surface area contributed by atoms with Crippen molar-refractivity contribution in [3.8, 4) is 5.75 Å². The van der Waals surface area contributed by atoms with E-state index in [1.807, 2.05) is 37.3 Å². The van der Waals surface area contributed by atoms with Crippen LogP contribution in [0, 0.1) is 5.82 Å². The Morgan fingerprint density at radius 2 is 2.00 bits per heavy atom. The van der Waals surface area contributed by atoms with E-state index in [9.17, 15) is 9.18 Å². The SMILES string of the molecule is CCN(Cc1cccc(F)c1)C(=O)Cn1nnc(COc2ccccc2)n1. The Bertz CT molecular complexity index is 885. The Morgan fingerprint density at radius 3 is 2.74 bits per heavy atom. The zero-order valence-electron chi connectivity index (χ0n) is 15.0. The van der Waals surface area contributed by atoms with Crippen molar-refractivity contribution in [2.75, 3.05) is 6.54 Å². The second kappa shape index (κ2) is 8.88. The van der Waals surface area contributed by atoms with Gasteiger partial charge in [-0.2, -0.15) is 4.80 Å². The Kier molecular flexibility index (Phi) is 6.09. The van der Waals surface area contributed by atoms with Crippen LogP contribution in [0.25, 0.3) is 0 Å². The molecule has 0 fully saturated rings. The quantitative estimate of drug-likeness (QED) is 0.610. The molecular formula is C19H20FN5O2. The molecule has 0 bridgehead atoms. The summed E-state index contributed by atoms with van der Waals surface area (Å²) in [5.74, 6) is 0.601. The molecule has 0 aliphatic carbocycles. The first kappa shape index (κ1) is 18.5. The standard InChI is InChI=1S/C19H20FN5O2/c1-2-24(12-15-7-6-8-16(20)11-15)19(26)13-25-22-18(21-23-25)14-27-17-9-4-3-5-10-17/h3-11H,2,12-14H2,1H3. The normalized spacial score (nSPS) is 10.6. The van der Waals surface area contributed by atoms with Gasteiger partial charge in [0.25, 0.3) is 0 Å². The van der Waals surface area contributed by atoms with Crippen molar-refractivity contribution in [2.24, 2.45) is 0 Å². The molecule has 0 saturated carbocycles. The average molecular weight is 369 g/mol. The maximum absolute atomic E-state index is 13.3. The van der Waals surface area contributed by atoms with E-state index in [-0.39, 0.29) is 24.9 Å². The summed E-state index contributed by atoms with van der Waals surface area (Å²) < 4.78 is 18.9. The number of tetrazole rings is 1. The van der Waals surface area contributed by atoms with E-state index in [0.29, 0.717) is 24.7 Å². The Balaban J connectivity index is 1.55. The third kappa shape index (κ3) is 5.34. The lowest BCUT2D eigenvalue weighted by Crippen LogP contribution is -2.33. The van der Waals surface area contributed by atoms with Crippen LogP contribution in [0.1, 0.15) is 18.3 Å². The molecule has 3 rings (SSSR count). The molecule has 7 nitrogen and oxygen atoms in total. The first-order chi connectivity index (χ1) is 13.1. The number of hydrogen-bond donors (Lipinski definition) is 0. The Morgan fingerprint density at radius 1 is 1.19 bits per heavy atom. The van der Waals surface area contributed by atoms with Gasteiger partial charge in [-0.05, 0) is 42.0 Å². The molecule has 8 heteroatoms. The highest BCUT2D eigenvalue weighted by Gasteiger charge is 2.15. The number of halogens is 1. The largest absolute Gasteiger partial charge is 0.485 e. The predicted octanol–water partition coefficient (Wildman–Crippen LogP) is 2.44. The summed E-state index contributed by atoms with van der Waals surface area (Å²) in [5, 5.41) is 12.0. The van der Waals surface area contributed by atoms with Crippen molar-refractivity contribution in [2.45, 2.75) is 26.6 Å². The lowest BCUT2D eigenvalue weighted by molar-refractivity contribution is -0.132. The van der Waals surface area contributed by atoms with Gasteiger partial charge in [0.2, 0.25) is 11.7 Å². The summed E-state index contributed by atoms with van der Waals surface area (Å²) in [4.78, 5) is 15.3. The van der Waals surface area contributed by atoms with E-state index >= 15 is 0 Å². The van der Waals surface area contributed by atoms with Gasteiger partial charge in [-0.15, -0.1) is 10.2 Å². The number of nitrogens with zero attached hydrogens (tertiary/aromatic N) is 5. The highest BCUT2D eigenvalue weighted by molar-refractivity contribution is 5.75. The van der Waals surface area contributed by atoms with Crippen LogP contribution in [0.3, 0.4) is 0 Å². The van der Waals surface area contributed by atoms with Crippen molar-refractivity contribution in [1.82, 2.24) is 25.1 Å². The average Bonchev–Trinajstić information content (AvgIpc) is 3.12. The van der Waals surface area contributed by atoms with Gasteiger partial charge in [0.05, 0.1) is 0 Å². The fourth-order valence-electron chi connectivity index (χ4n) is 2.52. The van der Waals surface area contributed by atoms with E-state index in [1.165, 1.54) is 16.9 Å². The third-order valence-electron chi connectivity index (χ3n) is 3.88. The number of benzene rings is 2. The summed E-state index contributed by atoms with van der Waals surface area (Å²) in [6.07, 6.45) is 0. The van der Waals surface area contributed by atoms with Crippen LogP contribution in [0.2, 0.25) is 0 Å². The van der Waals surface area contributed by atoms with E-state index in [4.69, 9.17) is 4.74 Å². The molecule has 140 valence electrons. The minimum Gasteiger partial charge on any atom is -0.485 e. The van der Waals surface area contributed by atoms with Crippen molar-refractivity contribution < 1.29 is 13.9 Å². The van der Waals surface area contributed by atoms with Gasteiger partial charge in [-0.3, -0.25) is 4.79 Å². The summed E-state index contributed by atoms with van der Waals surface area (Å²) in [6.45, 7) is 2.81. The second-order valence-electron chi connectivity index (χ2n) is 5.88. The van der Waals surface area contributed by atoms with Crippen LogP contribution in [0.5, 0.6) is 5.75 Å². The third-order valence-corrected chi connectivity index (χ3v) is 3.88. The van der Waals surface area contributed by atoms with Crippen LogP contribution in [0.15, 0.2) is 54.6 Å². The first-order valence-corrected chi connectivity index (χ1v) is 8.61. The number of para-hydroxylation sites is 1. The smallest absolute Gasteiger partial charge is 0.246 e. The predicted molar refractivity (Wildman–Crippen MR) is 96.1 cm³/mol. The first-order valence-electron chi connectivity index (χ1n) is 8.61. The number of likely N-dealkylation sites (N-methyl/N-ethyl adjacent to an activating group) is 1. The molecule has 0 saturated heterocycles. The van der Waals surface area contributed by atoms with E-state index in [0.717, 1.165) is 5.56 Å². The molecule has 3 aromatic rings. The van der Waals surface area contributed by atoms with Gasteiger partial charge >= 0.3 is 0 Å². The lowest BCUT2D eigenvalue weighted by Gasteiger charge is -2.20. The number of aromatic nitrogens is 4. The molecule has 0 aliphatic rings. The topological polar surface area (TPSA) is 73.1 Å². The van der Waals surface area contributed by atoms with Crippen molar-refractivity contribution >= 4 is 5.91 Å². The van der Waals surface area contributed by atoms with Gasteiger partial charge in [0.1, 0.15) is 18.1 Å². The van der Waals surface area contributed by atoms with E-state index in [2.05, 4.69) is 15.4 Å². The fraction of sp³-hybridized carbons (Fsp3) is 0.263. The maximum Gasteiger partial charge on any atom is 0.246 e. The van der Waals surface area contributed by atoms with Crippen LogP contribution in [-0.4, -0.2) is 37.6 Å². The van der Waals surface area contributed by atoms with Crippen LogP contribution in [0.4, 0.5) is 4.39 Å². The number of hydrogen-bond acceptors (Lipinski definition) is 5. The van der Waals surface area contributed by atoms with Gasteiger partial charge in [-0.1, -0.05) is 30.3 Å². The molecule has 2 aromatic carbocycles.